The van der Waals surface area contributed by atoms with Crippen LogP contribution in [0.3, 0.4) is 0 Å². The largest absolute Gasteiger partial charge is 0.309 e. The van der Waals surface area contributed by atoms with E-state index in [4.69, 9.17) is 0 Å². The van der Waals surface area contributed by atoms with Crippen LogP contribution < -0.4 is 0 Å². The van der Waals surface area contributed by atoms with Crippen molar-refractivity contribution in [1.82, 2.24) is 9.80 Å². The molecule has 0 radical (unpaired) electrons. The van der Waals surface area contributed by atoms with Crippen LogP contribution in [0, 0.1) is 0 Å². The number of rotatable bonds is 6. The van der Waals surface area contributed by atoms with Crippen LogP contribution >= 0.6 is 15.9 Å². The number of halogens is 1. The molecule has 0 aliphatic rings. The van der Waals surface area contributed by atoms with Gasteiger partial charge in [0.25, 0.3) is 0 Å². The highest BCUT2D eigenvalue weighted by Gasteiger charge is 2.00. The number of hydrogen-bond donors (Lipinski definition) is 0. The third-order valence-electron chi connectivity index (χ3n) is 2.51. The molecule has 0 heterocycles. The van der Waals surface area contributed by atoms with E-state index < -0.39 is 0 Å². The lowest BCUT2D eigenvalue weighted by molar-refractivity contribution is 0.294. The lowest BCUT2D eigenvalue weighted by atomic mass is 10.2. The van der Waals surface area contributed by atoms with Gasteiger partial charge in [-0.25, -0.2) is 0 Å². The van der Waals surface area contributed by atoms with Crippen molar-refractivity contribution in [2.75, 3.05) is 34.2 Å². The van der Waals surface area contributed by atoms with Gasteiger partial charge in [-0.3, -0.25) is 0 Å². The SMILES string of the molecule is CN(C)CCCN(C)Cc1ccc(Br)cc1. The fraction of sp³-hybridized carbons (Fsp3) is 0.538. The molecule has 90 valence electrons. The van der Waals surface area contributed by atoms with Crippen molar-refractivity contribution >= 4 is 15.9 Å². The number of hydrogen-bond acceptors (Lipinski definition) is 2. The van der Waals surface area contributed by atoms with Gasteiger partial charge < -0.3 is 9.80 Å². The molecule has 1 aromatic rings. The maximum atomic E-state index is 3.45. The van der Waals surface area contributed by atoms with Crippen LogP contribution in [0.1, 0.15) is 12.0 Å². The van der Waals surface area contributed by atoms with Crippen molar-refractivity contribution in [3.63, 3.8) is 0 Å². The van der Waals surface area contributed by atoms with Gasteiger partial charge in [0.15, 0.2) is 0 Å². The molecule has 2 nitrogen and oxygen atoms in total. The molecule has 3 heteroatoms. The zero-order chi connectivity index (χ0) is 12.0. The molecule has 0 atom stereocenters. The van der Waals surface area contributed by atoms with Gasteiger partial charge in [-0.15, -0.1) is 0 Å². The van der Waals surface area contributed by atoms with Gasteiger partial charge in [0.05, 0.1) is 0 Å². The van der Waals surface area contributed by atoms with E-state index in [1.54, 1.807) is 0 Å². The van der Waals surface area contributed by atoms with E-state index in [0.717, 1.165) is 24.1 Å². The molecule has 16 heavy (non-hydrogen) atoms. The van der Waals surface area contributed by atoms with Gasteiger partial charge in [0.2, 0.25) is 0 Å². The Bertz CT molecular complexity index is 295. The second kappa shape index (κ2) is 7.05. The average molecular weight is 285 g/mol. The van der Waals surface area contributed by atoms with Crippen LogP contribution in [0.15, 0.2) is 28.7 Å². The van der Waals surface area contributed by atoms with Crippen molar-refractivity contribution in [3.05, 3.63) is 34.3 Å². The first-order valence-corrected chi connectivity index (χ1v) is 6.45. The Kier molecular flexibility index (Phi) is 6.03. The highest BCUT2D eigenvalue weighted by Crippen LogP contribution is 2.11. The highest BCUT2D eigenvalue weighted by molar-refractivity contribution is 9.10. The Balaban J connectivity index is 2.28. The molecular weight excluding hydrogens is 264 g/mol. The molecule has 0 saturated heterocycles. The topological polar surface area (TPSA) is 6.48 Å². The van der Waals surface area contributed by atoms with Crippen LogP contribution in [-0.2, 0) is 6.54 Å². The molecule has 0 saturated carbocycles. The predicted molar refractivity (Wildman–Crippen MR) is 73.6 cm³/mol. The quantitative estimate of drug-likeness (QED) is 0.793. The summed E-state index contributed by atoms with van der Waals surface area (Å²) in [6.07, 6.45) is 1.22. The van der Waals surface area contributed by atoms with E-state index in [0.29, 0.717) is 0 Å². The van der Waals surface area contributed by atoms with Crippen LogP contribution in [0.25, 0.3) is 0 Å². The van der Waals surface area contributed by atoms with Crippen LogP contribution in [0.2, 0.25) is 0 Å². The molecule has 1 aromatic carbocycles. The minimum absolute atomic E-state index is 1.03. The molecule has 0 N–H and O–H groups in total. The van der Waals surface area contributed by atoms with Crippen molar-refractivity contribution < 1.29 is 0 Å². The van der Waals surface area contributed by atoms with Gasteiger partial charge in [0.1, 0.15) is 0 Å². The summed E-state index contributed by atoms with van der Waals surface area (Å²) in [5.41, 5.74) is 1.37. The smallest absolute Gasteiger partial charge is 0.0230 e. The van der Waals surface area contributed by atoms with Gasteiger partial charge in [-0.1, -0.05) is 28.1 Å². The lowest BCUT2D eigenvalue weighted by Gasteiger charge is -2.18. The molecule has 1 rings (SSSR count). The summed E-state index contributed by atoms with van der Waals surface area (Å²) in [5, 5.41) is 0. The number of benzene rings is 1. The standard InChI is InChI=1S/C13H21BrN2/c1-15(2)9-4-10-16(3)11-12-5-7-13(14)8-6-12/h5-8H,4,9-11H2,1-3H3. The van der Waals surface area contributed by atoms with Crippen LogP contribution in [0.4, 0.5) is 0 Å². The predicted octanol–water partition coefficient (Wildman–Crippen LogP) is 2.83. The molecule has 0 bridgehead atoms. The van der Waals surface area contributed by atoms with Gasteiger partial charge in [0, 0.05) is 11.0 Å². The molecule has 0 amide bonds. The second-order valence-corrected chi connectivity index (χ2v) is 5.44. The van der Waals surface area contributed by atoms with Crippen molar-refractivity contribution in [2.24, 2.45) is 0 Å². The Morgan fingerprint density at radius 3 is 2.19 bits per heavy atom. The minimum Gasteiger partial charge on any atom is -0.309 e. The van der Waals surface area contributed by atoms with E-state index in [1.807, 2.05) is 0 Å². The van der Waals surface area contributed by atoms with E-state index in [2.05, 4.69) is 71.1 Å². The molecule has 0 aliphatic carbocycles. The summed E-state index contributed by atoms with van der Waals surface area (Å²) in [4.78, 5) is 4.60. The minimum atomic E-state index is 1.03. The van der Waals surface area contributed by atoms with Gasteiger partial charge >= 0.3 is 0 Å². The summed E-state index contributed by atoms with van der Waals surface area (Å²) in [5.74, 6) is 0. The second-order valence-electron chi connectivity index (χ2n) is 4.52. The van der Waals surface area contributed by atoms with Crippen LogP contribution in [-0.4, -0.2) is 44.0 Å². The molecule has 0 aliphatic heterocycles. The Hall–Kier alpha value is -0.380. The highest BCUT2D eigenvalue weighted by atomic mass is 79.9. The Morgan fingerprint density at radius 2 is 1.62 bits per heavy atom. The average Bonchev–Trinajstić information content (AvgIpc) is 2.21. The molecular formula is C13H21BrN2. The third-order valence-corrected chi connectivity index (χ3v) is 3.04. The first kappa shape index (κ1) is 13.7. The molecule has 0 fully saturated rings. The molecule has 0 aromatic heterocycles. The van der Waals surface area contributed by atoms with E-state index in [-0.39, 0.29) is 0 Å². The van der Waals surface area contributed by atoms with Gasteiger partial charge in [-0.05, 0) is 58.3 Å². The normalized spacial score (nSPS) is 11.4. The van der Waals surface area contributed by atoms with E-state index in [1.165, 1.54) is 12.0 Å². The zero-order valence-corrected chi connectivity index (χ0v) is 12.0. The Morgan fingerprint density at radius 1 is 1.00 bits per heavy atom. The summed E-state index contributed by atoms with van der Waals surface area (Å²) < 4.78 is 1.14. The Labute approximate surface area is 107 Å². The monoisotopic (exact) mass is 284 g/mol. The summed E-state index contributed by atoms with van der Waals surface area (Å²) >= 11 is 3.45. The maximum Gasteiger partial charge on any atom is 0.0230 e. The fourth-order valence-electron chi connectivity index (χ4n) is 1.64. The first-order chi connectivity index (χ1) is 7.58. The molecule has 0 spiro atoms. The van der Waals surface area contributed by atoms with Crippen molar-refractivity contribution in [3.8, 4) is 0 Å². The van der Waals surface area contributed by atoms with Gasteiger partial charge in [-0.2, -0.15) is 0 Å². The van der Waals surface area contributed by atoms with Crippen molar-refractivity contribution in [1.29, 1.82) is 0 Å². The molecule has 0 unspecified atom stereocenters. The van der Waals surface area contributed by atoms with E-state index in [9.17, 15) is 0 Å². The first-order valence-electron chi connectivity index (χ1n) is 5.65. The summed E-state index contributed by atoms with van der Waals surface area (Å²) in [7, 11) is 6.42. The fourth-order valence-corrected chi connectivity index (χ4v) is 1.90. The van der Waals surface area contributed by atoms with Crippen molar-refractivity contribution in [2.45, 2.75) is 13.0 Å². The lowest BCUT2D eigenvalue weighted by Crippen LogP contribution is -2.23. The summed E-state index contributed by atoms with van der Waals surface area (Å²) in [6.45, 7) is 3.33. The summed E-state index contributed by atoms with van der Waals surface area (Å²) in [6, 6.07) is 8.55. The number of nitrogens with zero attached hydrogens (tertiary/aromatic N) is 2. The van der Waals surface area contributed by atoms with Crippen LogP contribution in [0.5, 0.6) is 0 Å². The maximum absolute atomic E-state index is 3.45. The third kappa shape index (κ3) is 5.64. The van der Waals surface area contributed by atoms with E-state index >= 15 is 0 Å². The zero-order valence-electron chi connectivity index (χ0n) is 10.4.